The number of halogens is 2. The Morgan fingerprint density at radius 2 is 2.16 bits per heavy atom. The van der Waals surface area contributed by atoms with Gasteiger partial charge in [0, 0.05) is 25.6 Å². The molecule has 106 valence electrons. The number of benzene rings is 1. The number of hydrogen-bond donors (Lipinski definition) is 0. The average Bonchev–Trinajstić information content (AvgIpc) is 3.24. The molecule has 0 amide bonds. The minimum absolute atomic E-state index is 0.483. The summed E-state index contributed by atoms with van der Waals surface area (Å²) in [5.74, 6) is 1.26. The van der Waals surface area contributed by atoms with Crippen LogP contribution in [-0.2, 0) is 10.6 Å². The molecular weight excluding hydrogens is 281 g/mol. The molecule has 2 nitrogen and oxygen atoms in total. The van der Waals surface area contributed by atoms with Gasteiger partial charge in [0.1, 0.15) is 0 Å². The van der Waals surface area contributed by atoms with E-state index in [9.17, 15) is 0 Å². The smallest absolute Gasteiger partial charge is 0.0642 e. The van der Waals surface area contributed by atoms with Gasteiger partial charge in [-0.25, -0.2) is 0 Å². The fraction of sp³-hybridized carbons (Fsp3) is 0.600. The number of hydrogen-bond acceptors (Lipinski definition) is 2. The lowest BCUT2D eigenvalue weighted by molar-refractivity contribution is 0.202. The van der Waals surface area contributed by atoms with Crippen LogP contribution in [0.3, 0.4) is 0 Å². The number of nitrogens with zero attached hydrogens (tertiary/aromatic N) is 1. The van der Waals surface area contributed by atoms with Crippen LogP contribution >= 0.6 is 23.2 Å². The van der Waals surface area contributed by atoms with Gasteiger partial charge >= 0.3 is 0 Å². The van der Waals surface area contributed by atoms with E-state index in [0.29, 0.717) is 18.5 Å². The predicted molar refractivity (Wildman–Crippen MR) is 82.4 cm³/mol. The van der Waals surface area contributed by atoms with Gasteiger partial charge in [-0.05, 0) is 37.3 Å². The van der Waals surface area contributed by atoms with Crippen molar-refractivity contribution >= 4 is 28.9 Å². The van der Waals surface area contributed by atoms with Crippen molar-refractivity contribution in [1.82, 2.24) is 0 Å². The van der Waals surface area contributed by atoms with Gasteiger partial charge in [0.05, 0.1) is 17.3 Å². The van der Waals surface area contributed by atoms with Crippen molar-refractivity contribution in [3.63, 3.8) is 0 Å². The molecule has 2 rings (SSSR count). The highest BCUT2D eigenvalue weighted by Crippen LogP contribution is 2.40. The zero-order chi connectivity index (χ0) is 13.8. The average molecular weight is 302 g/mol. The van der Waals surface area contributed by atoms with E-state index < -0.39 is 0 Å². The van der Waals surface area contributed by atoms with Crippen molar-refractivity contribution in [1.29, 1.82) is 0 Å². The topological polar surface area (TPSA) is 12.5 Å². The Labute approximate surface area is 125 Å². The Bertz CT molecular complexity index is 421. The number of para-hydroxylation sites is 1. The molecule has 1 unspecified atom stereocenters. The summed E-state index contributed by atoms with van der Waals surface area (Å²) in [7, 11) is 1.73. The van der Waals surface area contributed by atoms with Gasteiger partial charge in [-0.3, -0.25) is 0 Å². The van der Waals surface area contributed by atoms with Gasteiger partial charge < -0.3 is 9.64 Å². The van der Waals surface area contributed by atoms with Crippen molar-refractivity contribution in [3.05, 3.63) is 28.8 Å². The lowest BCUT2D eigenvalue weighted by Crippen LogP contribution is -2.38. The van der Waals surface area contributed by atoms with Crippen molar-refractivity contribution in [3.8, 4) is 0 Å². The summed E-state index contributed by atoms with van der Waals surface area (Å²) < 4.78 is 5.24. The van der Waals surface area contributed by atoms with Gasteiger partial charge in [-0.1, -0.05) is 23.7 Å². The first-order valence-electron chi connectivity index (χ1n) is 6.78. The molecule has 4 heteroatoms. The molecule has 0 aliphatic heterocycles. The highest BCUT2D eigenvalue weighted by Gasteiger charge is 2.33. The number of anilines is 1. The van der Waals surface area contributed by atoms with Crippen molar-refractivity contribution < 1.29 is 4.74 Å². The lowest BCUT2D eigenvalue weighted by atomic mass is 10.1. The fourth-order valence-corrected chi connectivity index (χ4v) is 3.05. The van der Waals surface area contributed by atoms with Gasteiger partial charge in [0.2, 0.25) is 0 Å². The summed E-state index contributed by atoms with van der Waals surface area (Å²) in [4.78, 5) is 2.36. The first-order chi connectivity index (χ1) is 9.19. The number of rotatable bonds is 7. The molecule has 0 saturated heterocycles. The Morgan fingerprint density at radius 3 is 2.74 bits per heavy atom. The second-order valence-electron chi connectivity index (χ2n) is 5.15. The van der Waals surface area contributed by atoms with E-state index in [1.54, 1.807) is 7.11 Å². The zero-order valence-corrected chi connectivity index (χ0v) is 13.0. The SMILES string of the molecule is COCCN(c1c(Cl)cccc1CCl)C(C)C1CC1. The molecule has 0 heterocycles. The van der Waals surface area contributed by atoms with Crippen molar-refractivity contribution in [2.24, 2.45) is 5.92 Å². The van der Waals surface area contributed by atoms with Gasteiger partial charge in [0.15, 0.2) is 0 Å². The van der Waals surface area contributed by atoms with E-state index in [1.165, 1.54) is 12.8 Å². The molecule has 1 aliphatic carbocycles. The Hall–Kier alpha value is -0.440. The van der Waals surface area contributed by atoms with Crippen LogP contribution in [0.5, 0.6) is 0 Å². The molecule has 0 bridgehead atoms. The first-order valence-corrected chi connectivity index (χ1v) is 7.69. The molecular formula is C15H21Cl2NO. The maximum atomic E-state index is 6.41. The quantitative estimate of drug-likeness (QED) is 0.695. The molecule has 0 spiro atoms. The highest BCUT2D eigenvalue weighted by atomic mass is 35.5. The van der Waals surface area contributed by atoms with Crippen LogP contribution in [0.1, 0.15) is 25.3 Å². The number of methoxy groups -OCH3 is 1. The fourth-order valence-electron chi connectivity index (χ4n) is 2.53. The van der Waals surface area contributed by atoms with Crippen molar-refractivity contribution in [2.45, 2.75) is 31.7 Å². The van der Waals surface area contributed by atoms with Gasteiger partial charge in [0.25, 0.3) is 0 Å². The monoisotopic (exact) mass is 301 g/mol. The largest absolute Gasteiger partial charge is 0.383 e. The molecule has 0 radical (unpaired) electrons. The van der Waals surface area contributed by atoms with E-state index in [1.807, 2.05) is 18.2 Å². The summed E-state index contributed by atoms with van der Waals surface area (Å²) in [6.07, 6.45) is 2.62. The molecule has 0 N–H and O–H groups in total. The maximum absolute atomic E-state index is 6.41. The second-order valence-corrected chi connectivity index (χ2v) is 5.82. The lowest BCUT2D eigenvalue weighted by Gasteiger charge is -2.33. The highest BCUT2D eigenvalue weighted by molar-refractivity contribution is 6.33. The van der Waals surface area contributed by atoms with Gasteiger partial charge in [-0.15, -0.1) is 11.6 Å². The molecule has 1 aromatic rings. The molecule has 1 atom stereocenters. The van der Waals surface area contributed by atoms with E-state index in [2.05, 4.69) is 11.8 Å². The molecule has 1 fully saturated rings. The second kappa shape index (κ2) is 6.83. The van der Waals surface area contributed by atoms with E-state index >= 15 is 0 Å². The third-order valence-electron chi connectivity index (χ3n) is 3.83. The van der Waals surface area contributed by atoms with E-state index in [0.717, 1.165) is 28.7 Å². The minimum Gasteiger partial charge on any atom is -0.383 e. The maximum Gasteiger partial charge on any atom is 0.0642 e. The Balaban J connectivity index is 2.30. The zero-order valence-electron chi connectivity index (χ0n) is 11.5. The van der Waals surface area contributed by atoms with Crippen LogP contribution in [0.25, 0.3) is 0 Å². The summed E-state index contributed by atoms with van der Waals surface area (Å²) in [5.41, 5.74) is 2.17. The summed E-state index contributed by atoms with van der Waals surface area (Å²) in [6.45, 7) is 3.82. The van der Waals surface area contributed by atoms with Crippen LogP contribution in [-0.4, -0.2) is 26.3 Å². The third kappa shape index (κ3) is 3.56. The molecule has 0 aromatic heterocycles. The van der Waals surface area contributed by atoms with Gasteiger partial charge in [-0.2, -0.15) is 0 Å². The Kier molecular flexibility index (Phi) is 5.37. The van der Waals surface area contributed by atoms with Crippen LogP contribution in [0.2, 0.25) is 5.02 Å². The predicted octanol–water partition coefficient (Wildman–Crippen LogP) is 4.33. The number of ether oxygens (including phenoxy) is 1. The molecule has 1 saturated carbocycles. The van der Waals surface area contributed by atoms with Crippen LogP contribution in [0.15, 0.2) is 18.2 Å². The van der Waals surface area contributed by atoms with E-state index in [-0.39, 0.29) is 0 Å². The Morgan fingerprint density at radius 1 is 1.42 bits per heavy atom. The summed E-state index contributed by atoms with van der Waals surface area (Å²) >= 11 is 12.5. The van der Waals surface area contributed by atoms with Crippen LogP contribution < -0.4 is 4.90 Å². The molecule has 1 aliphatic rings. The third-order valence-corrected chi connectivity index (χ3v) is 4.43. The molecule has 1 aromatic carbocycles. The number of alkyl halides is 1. The summed E-state index contributed by atoms with van der Waals surface area (Å²) in [6, 6.07) is 6.43. The van der Waals surface area contributed by atoms with Crippen LogP contribution in [0, 0.1) is 5.92 Å². The first kappa shape index (κ1) is 15.0. The summed E-state index contributed by atoms with van der Waals surface area (Å²) in [5, 5.41) is 0.779. The standard InChI is InChI=1S/C15H21Cl2NO/c1-11(12-6-7-12)18(8-9-19-2)15-13(10-16)4-3-5-14(15)17/h3-5,11-12H,6-10H2,1-2H3. The van der Waals surface area contributed by atoms with Crippen molar-refractivity contribution in [2.75, 3.05) is 25.2 Å². The molecule has 19 heavy (non-hydrogen) atoms. The normalized spacial score (nSPS) is 16.4. The minimum atomic E-state index is 0.483. The van der Waals surface area contributed by atoms with Crippen LogP contribution in [0.4, 0.5) is 5.69 Å². The van der Waals surface area contributed by atoms with E-state index in [4.69, 9.17) is 27.9 Å².